The number of hydrogen-bond acceptors (Lipinski definition) is 4. The zero-order valence-electron chi connectivity index (χ0n) is 11.9. The Hall–Kier alpha value is -1.91. The maximum atomic E-state index is 11.6. The van der Waals surface area contributed by atoms with Crippen molar-refractivity contribution in [2.75, 3.05) is 25.6 Å². The normalized spacial score (nSPS) is 10.1. The number of carbonyl (C=O) groups excluding carboxylic acids is 1. The predicted molar refractivity (Wildman–Crippen MR) is 88.2 cm³/mol. The molecule has 0 amide bonds. The van der Waals surface area contributed by atoms with E-state index >= 15 is 0 Å². The second kappa shape index (κ2) is 7.92. The lowest BCUT2D eigenvalue weighted by Crippen LogP contribution is -2.14. The van der Waals surface area contributed by atoms with Crippen LogP contribution in [0.5, 0.6) is 5.75 Å². The minimum Gasteiger partial charge on any atom is -0.490 e. The molecule has 0 atom stereocenters. The molecule has 22 heavy (non-hydrogen) atoms. The summed E-state index contributed by atoms with van der Waals surface area (Å²) >= 11 is 12.0. The van der Waals surface area contributed by atoms with Crippen LogP contribution in [0.4, 0.5) is 5.69 Å². The number of para-hydroxylation sites is 1. The molecule has 0 heterocycles. The van der Waals surface area contributed by atoms with Crippen molar-refractivity contribution in [3.63, 3.8) is 0 Å². The molecule has 0 radical (unpaired) electrons. The van der Waals surface area contributed by atoms with Crippen LogP contribution in [0.25, 0.3) is 0 Å². The van der Waals surface area contributed by atoms with Crippen LogP contribution in [0.3, 0.4) is 0 Å². The van der Waals surface area contributed by atoms with Crippen molar-refractivity contribution in [3.05, 3.63) is 58.1 Å². The summed E-state index contributed by atoms with van der Waals surface area (Å²) in [4.78, 5) is 11.6. The van der Waals surface area contributed by atoms with Gasteiger partial charge < -0.3 is 14.8 Å². The van der Waals surface area contributed by atoms with Crippen LogP contribution in [0.1, 0.15) is 10.4 Å². The molecular weight excluding hydrogens is 325 g/mol. The van der Waals surface area contributed by atoms with E-state index in [-0.39, 0.29) is 5.97 Å². The third-order valence-corrected chi connectivity index (χ3v) is 3.73. The van der Waals surface area contributed by atoms with Gasteiger partial charge in [0.05, 0.1) is 17.7 Å². The molecule has 0 aliphatic heterocycles. The lowest BCUT2D eigenvalue weighted by atomic mass is 10.2. The van der Waals surface area contributed by atoms with Crippen molar-refractivity contribution >= 4 is 34.9 Å². The van der Waals surface area contributed by atoms with Crippen LogP contribution in [0.15, 0.2) is 42.5 Å². The lowest BCUT2D eigenvalue weighted by molar-refractivity contribution is 0.0602. The molecule has 0 saturated heterocycles. The first-order chi connectivity index (χ1) is 10.6. The molecule has 2 aromatic rings. The zero-order chi connectivity index (χ0) is 15.9. The Bertz CT molecular complexity index is 662. The van der Waals surface area contributed by atoms with Crippen LogP contribution in [-0.4, -0.2) is 26.2 Å². The fourth-order valence-electron chi connectivity index (χ4n) is 1.87. The summed E-state index contributed by atoms with van der Waals surface area (Å²) in [6, 6.07) is 12.3. The Balaban J connectivity index is 1.92. The van der Waals surface area contributed by atoms with E-state index in [0.29, 0.717) is 40.2 Å². The van der Waals surface area contributed by atoms with E-state index in [1.165, 1.54) is 7.11 Å². The van der Waals surface area contributed by atoms with Crippen LogP contribution in [-0.2, 0) is 4.74 Å². The number of halogens is 2. The molecule has 0 bridgehead atoms. The number of carbonyl (C=O) groups is 1. The fraction of sp³-hybridized carbons (Fsp3) is 0.188. The van der Waals surface area contributed by atoms with E-state index < -0.39 is 0 Å². The number of ether oxygens (including phenoxy) is 2. The first-order valence-electron chi connectivity index (χ1n) is 6.61. The SMILES string of the molecule is COC(=O)c1ccccc1NCCOc1cccc(Cl)c1Cl. The van der Waals surface area contributed by atoms with Crippen LogP contribution < -0.4 is 10.1 Å². The van der Waals surface area contributed by atoms with E-state index in [4.69, 9.17) is 32.7 Å². The Morgan fingerprint density at radius 2 is 1.91 bits per heavy atom. The molecule has 6 heteroatoms. The first kappa shape index (κ1) is 16.5. The van der Waals surface area contributed by atoms with Gasteiger partial charge in [0.1, 0.15) is 17.4 Å². The maximum Gasteiger partial charge on any atom is 0.339 e. The monoisotopic (exact) mass is 339 g/mol. The van der Waals surface area contributed by atoms with Crippen LogP contribution in [0.2, 0.25) is 10.0 Å². The summed E-state index contributed by atoms with van der Waals surface area (Å²) in [7, 11) is 1.35. The summed E-state index contributed by atoms with van der Waals surface area (Å²) in [6.07, 6.45) is 0. The summed E-state index contributed by atoms with van der Waals surface area (Å²) in [5, 5.41) is 3.97. The van der Waals surface area contributed by atoms with Gasteiger partial charge in [0, 0.05) is 12.2 Å². The number of methoxy groups -OCH3 is 1. The molecule has 0 aliphatic carbocycles. The Morgan fingerprint density at radius 1 is 1.14 bits per heavy atom. The van der Waals surface area contributed by atoms with Crippen molar-refractivity contribution < 1.29 is 14.3 Å². The summed E-state index contributed by atoms with van der Waals surface area (Å²) in [6.45, 7) is 0.867. The number of benzene rings is 2. The summed E-state index contributed by atoms with van der Waals surface area (Å²) in [5.74, 6) is 0.138. The van der Waals surface area contributed by atoms with Crippen molar-refractivity contribution in [2.24, 2.45) is 0 Å². The molecule has 0 spiro atoms. The number of hydrogen-bond donors (Lipinski definition) is 1. The number of esters is 1. The van der Waals surface area contributed by atoms with E-state index in [1.54, 1.807) is 36.4 Å². The average Bonchev–Trinajstić information content (AvgIpc) is 2.55. The predicted octanol–water partition coefficient (Wildman–Crippen LogP) is 4.27. The van der Waals surface area contributed by atoms with E-state index in [1.807, 2.05) is 6.07 Å². The van der Waals surface area contributed by atoms with E-state index in [0.717, 1.165) is 0 Å². The van der Waals surface area contributed by atoms with Gasteiger partial charge in [-0.2, -0.15) is 0 Å². The second-order valence-electron chi connectivity index (χ2n) is 4.36. The van der Waals surface area contributed by atoms with Gasteiger partial charge in [-0.25, -0.2) is 4.79 Å². The van der Waals surface area contributed by atoms with Gasteiger partial charge in [-0.05, 0) is 24.3 Å². The third kappa shape index (κ3) is 4.06. The minimum absolute atomic E-state index is 0.371. The standard InChI is InChI=1S/C16H15Cl2NO3/c1-21-16(20)11-5-2-3-7-13(11)19-9-10-22-14-8-4-6-12(17)15(14)18/h2-8,19H,9-10H2,1H3. The van der Waals surface area contributed by atoms with Crippen LogP contribution >= 0.6 is 23.2 Å². The van der Waals surface area contributed by atoms with E-state index in [9.17, 15) is 4.79 Å². The minimum atomic E-state index is -0.387. The molecule has 0 fully saturated rings. The average molecular weight is 340 g/mol. The number of anilines is 1. The van der Waals surface area contributed by atoms with Crippen LogP contribution in [0, 0.1) is 0 Å². The first-order valence-corrected chi connectivity index (χ1v) is 7.37. The van der Waals surface area contributed by atoms with Crippen molar-refractivity contribution in [3.8, 4) is 5.75 Å². The van der Waals surface area contributed by atoms with Gasteiger partial charge in [-0.3, -0.25) is 0 Å². The lowest BCUT2D eigenvalue weighted by Gasteiger charge is -2.12. The molecule has 0 aromatic heterocycles. The van der Waals surface area contributed by atoms with Gasteiger partial charge in [0.2, 0.25) is 0 Å². The Morgan fingerprint density at radius 3 is 2.68 bits per heavy atom. The van der Waals surface area contributed by atoms with E-state index in [2.05, 4.69) is 5.32 Å². The van der Waals surface area contributed by atoms with Gasteiger partial charge in [0.15, 0.2) is 0 Å². The molecule has 2 rings (SSSR count). The quantitative estimate of drug-likeness (QED) is 0.630. The zero-order valence-corrected chi connectivity index (χ0v) is 13.4. The molecule has 0 unspecified atom stereocenters. The molecule has 0 aliphatic rings. The molecule has 1 N–H and O–H groups in total. The van der Waals surface area contributed by atoms with Gasteiger partial charge in [-0.1, -0.05) is 41.4 Å². The number of nitrogens with one attached hydrogen (secondary N) is 1. The topological polar surface area (TPSA) is 47.6 Å². The highest BCUT2D eigenvalue weighted by Crippen LogP contribution is 2.31. The second-order valence-corrected chi connectivity index (χ2v) is 5.15. The Kier molecular flexibility index (Phi) is 5.92. The van der Waals surface area contributed by atoms with Crippen molar-refractivity contribution in [1.82, 2.24) is 0 Å². The van der Waals surface area contributed by atoms with Gasteiger partial charge in [0.25, 0.3) is 0 Å². The van der Waals surface area contributed by atoms with Crippen molar-refractivity contribution in [1.29, 1.82) is 0 Å². The molecule has 0 saturated carbocycles. The number of rotatable bonds is 6. The molecule has 116 valence electrons. The Labute approximate surface area is 138 Å². The van der Waals surface area contributed by atoms with Crippen molar-refractivity contribution in [2.45, 2.75) is 0 Å². The smallest absolute Gasteiger partial charge is 0.339 e. The molecular formula is C16H15Cl2NO3. The molecule has 4 nitrogen and oxygen atoms in total. The van der Waals surface area contributed by atoms with Gasteiger partial charge in [-0.15, -0.1) is 0 Å². The molecule has 2 aromatic carbocycles. The van der Waals surface area contributed by atoms with Gasteiger partial charge >= 0.3 is 5.97 Å². The highest BCUT2D eigenvalue weighted by Gasteiger charge is 2.10. The fourth-order valence-corrected chi connectivity index (χ4v) is 2.21. The summed E-state index contributed by atoms with van der Waals surface area (Å²) in [5.41, 5.74) is 1.17. The summed E-state index contributed by atoms with van der Waals surface area (Å²) < 4.78 is 10.3. The highest BCUT2D eigenvalue weighted by atomic mass is 35.5. The largest absolute Gasteiger partial charge is 0.490 e. The third-order valence-electron chi connectivity index (χ3n) is 2.92. The highest BCUT2D eigenvalue weighted by molar-refractivity contribution is 6.42. The maximum absolute atomic E-state index is 11.6.